The van der Waals surface area contributed by atoms with Crippen LogP contribution in [-0.2, 0) is 24.2 Å². The molecule has 2 rings (SSSR count). The maximum absolute atomic E-state index is 13.5. The Morgan fingerprint density at radius 3 is 2.25 bits per heavy atom. The van der Waals surface area contributed by atoms with E-state index in [1.54, 1.807) is 0 Å². The van der Waals surface area contributed by atoms with Crippen LogP contribution in [0.4, 0.5) is 18.9 Å². The van der Waals surface area contributed by atoms with E-state index in [0.717, 1.165) is 36.4 Å². The fraction of sp³-hybridized carbons (Fsp3) is 0.222. The molecule has 0 radical (unpaired) electrons. The molecular weight excluding hydrogens is 399 g/mol. The van der Waals surface area contributed by atoms with Crippen LogP contribution in [-0.4, -0.2) is 32.2 Å². The van der Waals surface area contributed by atoms with Gasteiger partial charge in [0.2, 0.25) is 0 Å². The van der Waals surface area contributed by atoms with Crippen molar-refractivity contribution in [1.29, 1.82) is 0 Å². The van der Waals surface area contributed by atoms with Gasteiger partial charge in [0.15, 0.2) is 15.9 Å². The van der Waals surface area contributed by atoms with Gasteiger partial charge in [-0.1, -0.05) is 0 Å². The Bertz CT molecular complexity index is 977. The number of halogens is 3. The normalized spacial score (nSPS) is 12.3. The molecule has 1 atom stereocenters. The van der Waals surface area contributed by atoms with Gasteiger partial charge in [0, 0.05) is 6.07 Å². The van der Waals surface area contributed by atoms with Gasteiger partial charge >= 0.3 is 5.97 Å². The van der Waals surface area contributed by atoms with E-state index < -0.39 is 57.4 Å². The summed E-state index contributed by atoms with van der Waals surface area (Å²) in [6.45, 7) is 1.21. The van der Waals surface area contributed by atoms with Crippen LogP contribution in [0.1, 0.15) is 13.3 Å². The van der Waals surface area contributed by atoms with Gasteiger partial charge in [-0.25, -0.2) is 21.6 Å². The van der Waals surface area contributed by atoms with Crippen LogP contribution in [0.2, 0.25) is 0 Å². The third-order valence-corrected chi connectivity index (χ3v) is 5.35. The fourth-order valence-corrected chi connectivity index (χ4v) is 3.33. The molecule has 2 aromatic carbocycles. The summed E-state index contributed by atoms with van der Waals surface area (Å²) < 4.78 is 68.2. The topological polar surface area (TPSA) is 89.5 Å². The second-order valence-corrected chi connectivity index (χ2v) is 7.88. The van der Waals surface area contributed by atoms with Crippen molar-refractivity contribution < 1.29 is 35.9 Å². The summed E-state index contributed by atoms with van der Waals surface area (Å²) in [6, 6.07) is 6.62. The number of carbonyl (C=O) groups excluding carboxylic acids is 2. The van der Waals surface area contributed by atoms with Gasteiger partial charge < -0.3 is 10.1 Å². The molecule has 0 saturated carbocycles. The van der Waals surface area contributed by atoms with Crippen LogP contribution in [0.3, 0.4) is 0 Å². The summed E-state index contributed by atoms with van der Waals surface area (Å²) in [6.07, 6.45) is -1.88. The second-order valence-electron chi connectivity index (χ2n) is 5.77. The van der Waals surface area contributed by atoms with Crippen LogP contribution < -0.4 is 5.32 Å². The molecule has 28 heavy (non-hydrogen) atoms. The minimum absolute atomic E-state index is 0.153. The van der Waals surface area contributed by atoms with Crippen molar-refractivity contribution in [1.82, 2.24) is 0 Å². The third-order valence-electron chi connectivity index (χ3n) is 3.61. The van der Waals surface area contributed by atoms with Crippen LogP contribution in [0.15, 0.2) is 47.4 Å². The fourth-order valence-electron chi connectivity index (χ4n) is 2.11. The minimum Gasteiger partial charge on any atom is -0.453 e. The highest BCUT2D eigenvalue weighted by molar-refractivity contribution is 7.91. The molecule has 0 unspecified atom stereocenters. The molecule has 0 fully saturated rings. The molecule has 1 amide bonds. The summed E-state index contributed by atoms with van der Waals surface area (Å²) >= 11 is 0. The highest BCUT2D eigenvalue weighted by Crippen LogP contribution is 2.16. The van der Waals surface area contributed by atoms with Gasteiger partial charge in [-0.15, -0.1) is 0 Å². The van der Waals surface area contributed by atoms with Gasteiger partial charge in [0.1, 0.15) is 17.5 Å². The van der Waals surface area contributed by atoms with Crippen molar-refractivity contribution in [2.24, 2.45) is 0 Å². The Kier molecular flexibility index (Phi) is 6.79. The van der Waals surface area contributed by atoms with Crippen molar-refractivity contribution in [3.05, 3.63) is 59.9 Å². The quantitative estimate of drug-likeness (QED) is 0.555. The summed E-state index contributed by atoms with van der Waals surface area (Å²) in [5.74, 6) is -4.86. The average Bonchev–Trinajstić information content (AvgIpc) is 2.62. The third kappa shape index (κ3) is 5.81. The van der Waals surface area contributed by atoms with Crippen molar-refractivity contribution in [3.8, 4) is 0 Å². The smallest absolute Gasteiger partial charge is 0.307 e. The van der Waals surface area contributed by atoms with Crippen LogP contribution in [0.25, 0.3) is 0 Å². The molecule has 0 heterocycles. The number of anilines is 1. The predicted octanol–water partition coefficient (Wildman–Crippen LogP) is 2.84. The molecular formula is C18H16F3NO5S. The van der Waals surface area contributed by atoms with E-state index in [-0.39, 0.29) is 10.6 Å². The Morgan fingerprint density at radius 2 is 1.64 bits per heavy atom. The van der Waals surface area contributed by atoms with Gasteiger partial charge in [0.25, 0.3) is 5.91 Å². The largest absolute Gasteiger partial charge is 0.453 e. The zero-order valence-electron chi connectivity index (χ0n) is 14.6. The van der Waals surface area contributed by atoms with E-state index in [9.17, 15) is 31.2 Å². The van der Waals surface area contributed by atoms with E-state index >= 15 is 0 Å². The number of amides is 1. The SMILES string of the molecule is C[C@H](OC(=O)CCS(=O)(=O)c1ccc(F)cc1)C(=O)Nc1ccc(F)cc1F. The van der Waals surface area contributed by atoms with Crippen LogP contribution in [0, 0.1) is 17.5 Å². The summed E-state index contributed by atoms with van der Waals surface area (Å²) in [5.41, 5.74) is -0.298. The number of hydrogen-bond acceptors (Lipinski definition) is 5. The standard InChI is InChI=1S/C18H16F3NO5S/c1-11(18(24)22-16-7-4-13(20)10-15(16)21)27-17(23)8-9-28(25,26)14-5-2-12(19)3-6-14/h2-7,10-11H,8-9H2,1H3,(H,22,24)/t11-/m0/s1. The lowest BCUT2D eigenvalue weighted by Crippen LogP contribution is -2.30. The van der Waals surface area contributed by atoms with E-state index in [0.29, 0.717) is 6.07 Å². The molecule has 10 heteroatoms. The Balaban J connectivity index is 1.89. The van der Waals surface area contributed by atoms with Gasteiger partial charge in [0.05, 0.1) is 22.8 Å². The monoisotopic (exact) mass is 415 g/mol. The van der Waals surface area contributed by atoms with E-state index in [4.69, 9.17) is 4.74 Å². The molecule has 1 N–H and O–H groups in total. The summed E-state index contributed by atoms with van der Waals surface area (Å²) in [7, 11) is -3.84. The first-order chi connectivity index (χ1) is 13.1. The number of rotatable bonds is 7. The average molecular weight is 415 g/mol. The number of ether oxygens (including phenoxy) is 1. The molecule has 150 valence electrons. The molecule has 0 aliphatic rings. The molecule has 0 aromatic heterocycles. The molecule has 2 aromatic rings. The Labute approximate surface area is 159 Å². The highest BCUT2D eigenvalue weighted by atomic mass is 32.2. The zero-order chi connectivity index (χ0) is 20.9. The number of benzene rings is 2. The molecule has 6 nitrogen and oxygen atoms in total. The van der Waals surface area contributed by atoms with E-state index in [1.807, 2.05) is 0 Å². The molecule has 0 aliphatic heterocycles. The molecule has 0 saturated heterocycles. The highest BCUT2D eigenvalue weighted by Gasteiger charge is 2.22. The Morgan fingerprint density at radius 1 is 1.04 bits per heavy atom. The number of esters is 1. The lowest BCUT2D eigenvalue weighted by Gasteiger charge is -2.14. The molecule has 0 spiro atoms. The first-order valence-electron chi connectivity index (χ1n) is 8.02. The number of nitrogens with one attached hydrogen (secondary N) is 1. The van der Waals surface area contributed by atoms with Gasteiger partial charge in [-0.05, 0) is 43.3 Å². The van der Waals surface area contributed by atoms with Crippen molar-refractivity contribution in [2.45, 2.75) is 24.3 Å². The summed E-state index contributed by atoms with van der Waals surface area (Å²) in [5, 5.41) is 2.13. The van der Waals surface area contributed by atoms with E-state index in [2.05, 4.69) is 5.32 Å². The number of carbonyl (C=O) groups is 2. The predicted molar refractivity (Wildman–Crippen MR) is 93.6 cm³/mol. The van der Waals surface area contributed by atoms with Crippen molar-refractivity contribution >= 4 is 27.4 Å². The van der Waals surface area contributed by atoms with Crippen molar-refractivity contribution in [3.63, 3.8) is 0 Å². The van der Waals surface area contributed by atoms with Crippen molar-refractivity contribution in [2.75, 3.05) is 11.1 Å². The molecule has 0 aliphatic carbocycles. The number of sulfone groups is 1. The Hall–Kier alpha value is -2.88. The minimum atomic E-state index is -3.84. The number of hydrogen-bond donors (Lipinski definition) is 1. The summed E-state index contributed by atoms with van der Waals surface area (Å²) in [4.78, 5) is 23.6. The van der Waals surface area contributed by atoms with Crippen LogP contribution in [0.5, 0.6) is 0 Å². The lowest BCUT2D eigenvalue weighted by molar-refractivity contribution is -0.152. The van der Waals surface area contributed by atoms with Gasteiger partial charge in [-0.2, -0.15) is 0 Å². The van der Waals surface area contributed by atoms with Gasteiger partial charge in [-0.3, -0.25) is 9.59 Å². The zero-order valence-corrected chi connectivity index (χ0v) is 15.4. The second kappa shape index (κ2) is 8.87. The first kappa shape index (κ1) is 21.4. The van der Waals surface area contributed by atoms with Crippen LogP contribution >= 0.6 is 0 Å². The maximum atomic E-state index is 13.5. The van der Waals surface area contributed by atoms with E-state index in [1.165, 1.54) is 6.92 Å². The first-order valence-corrected chi connectivity index (χ1v) is 9.67. The molecule has 0 bridgehead atoms. The lowest BCUT2D eigenvalue weighted by atomic mass is 10.2. The maximum Gasteiger partial charge on any atom is 0.307 e.